The predicted molar refractivity (Wildman–Crippen MR) is 69.3 cm³/mol. The van der Waals surface area contributed by atoms with Crippen molar-refractivity contribution in [1.82, 2.24) is 4.90 Å². The average molecular weight is 231 g/mol. The van der Waals surface area contributed by atoms with E-state index in [0.29, 0.717) is 18.1 Å². The molecule has 92 valence electrons. The maximum atomic E-state index is 5.37. The first-order chi connectivity index (χ1) is 8.22. The van der Waals surface area contributed by atoms with Crippen LogP contribution in [0.2, 0.25) is 0 Å². The Kier molecular flexibility index (Phi) is 2.62. The second-order valence-electron chi connectivity index (χ2n) is 5.50. The molecule has 2 aliphatic rings. The van der Waals surface area contributed by atoms with Gasteiger partial charge in [0.15, 0.2) is 0 Å². The molecule has 3 rings (SSSR count). The Morgan fingerprint density at radius 2 is 1.88 bits per heavy atom. The van der Waals surface area contributed by atoms with E-state index in [4.69, 9.17) is 4.74 Å². The molecule has 0 radical (unpaired) electrons. The molecule has 0 saturated carbocycles. The molecule has 0 N–H and O–H groups in total. The highest BCUT2D eigenvalue weighted by molar-refractivity contribution is 5.44. The van der Waals surface area contributed by atoms with Crippen LogP contribution in [0, 0.1) is 0 Å². The lowest BCUT2D eigenvalue weighted by Gasteiger charge is -2.38. The summed E-state index contributed by atoms with van der Waals surface area (Å²) in [4.78, 5) is 2.69. The van der Waals surface area contributed by atoms with Crippen LogP contribution in [-0.2, 0) is 0 Å². The summed E-state index contributed by atoms with van der Waals surface area (Å²) in [6.07, 6.45) is 3.97. The van der Waals surface area contributed by atoms with Crippen LogP contribution in [0.25, 0.3) is 0 Å². The van der Waals surface area contributed by atoms with Crippen molar-refractivity contribution in [2.45, 2.75) is 51.2 Å². The summed E-state index contributed by atoms with van der Waals surface area (Å²) >= 11 is 0. The lowest BCUT2D eigenvalue weighted by atomic mass is 9.99. The molecule has 2 nitrogen and oxygen atoms in total. The molecule has 2 atom stereocenters. The third-order valence-electron chi connectivity index (χ3n) is 4.28. The summed E-state index contributed by atoms with van der Waals surface area (Å²) in [7, 11) is 1.75. The van der Waals surface area contributed by atoms with Gasteiger partial charge in [0, 0.05) is 18.1 Å². The summed E-state index contributed by atoms with van der Waals surface area (Å²) in [5.41, 5.74) is 3.06. The number of nitrogens with zero attached hydrogens (tertiary/aromatic N) is 1. The number of ether oxygens (including phenoxy) is 1. The SMILES string of the molecule is COc1ccc2c(c1)C1CCCC2N1C(C)C. The van der Waals surface area contributed by atoms with Crippen molar-refractivity contribution in [2.24, 2.45) is 0 Å². The first kappa shape index (κ1) is 11.1. The summed E-state index contributed by atoms with van der Waals surface area (Å²) < 4.78 is 5.37. The van der Waals surface area contributed by atoms with E-state index in [-0.39, 0.29) is 0 Å². The van der Waals surface area contributed by atoms with Gasteiger partial charge in [0.05, 0.1) is 7.11 Å². The fourth-order valence-electron chi connectivity index (χ4n) is 3.64. The number of piperidine rings is 1. The Balaban J connectivity index is 2.06. The molecule has 1 aromatic carbocycles. The number of hydrogen-bond donors (Lipinski definition) is 0. The second-order valence-corrected chi connectivity index (χ2v) is 5.50. The standard InChI is InChI=1S/C15H21NO/c1-10(2)16-14-5-4-6-15(16)13-9-11(17-3)7-8-12(13)14/h7-10,14-15H,4-6H2,1-3H3. The highest BCUT2D eigenvalue weighted by atomic mass is 16.5. The zero-order valence-electron chi connectivity index (χ0n) is 10.9. The van der Waals surface area contributed by atoms with Gasteiger partial charge in [-0.3, -0.25) is 4.90 Å². The third kappa shape index (κ3) is 1.58. The minimum atomic E-state index is 0.624. The van der Waals surface area contributed by atoms with Crippen molar-refractivity contribution in [2.75, 3.05) is 7.11 Å². The molecular weight excluding hydrogens is 210 g/mol. The lowest BCUT2D eigenvalue weighted by Crippen LogP contribution is -2.35. The Morgan fingerprint density at radius 3 is 2.53 bits per heavy atom. The van der Waals surface area contributed by atoms with Crippen LogP contribution >= 0.6 is 0 Å². The van der Waals surface area contributed by atoms with Gasteiger partial charge in [-0.1, -0.05) is 6.07 Å². The maximum absolute atomic E-state index is 5.37. The van der Waals surface area contributed by atoms with E-state index in [2.05, 4.69) is 36.9 Å². The van der Waals surface area contributed by atoms with Crippen molar-refractivity contribution in [3.63, 3.8) is 0 Å². The van der Waals surface area contributed by atoms with Gasteiger partial charge in [0.2, 0.25) is 0 Å². The first-order valence-corrected chi connectivity index (χ1v) is 6.67. The zero-order valence-corrected chi connectivity index (χ0v) is 10.9. The predicted octanol–water partition coefficient (Wildman–Crippen LogP) is 3.69. The van der Waals surface area contributed by atoms with Crippen molar-refractivity contribution >= 4 is 0 Å². The maximum Gasteiger partial charge on any atom is 0.119 e. The molecule has 2 aliphatic heterocycles. The van der Waals surface area contributed by atoms with Gasteiger partial charge in [-0.25, -0.2) is 0 Å². The fourth-order valence-corrected chi connectivity index (χ4v) is 3.64. The molecule has 17 heavy (non-hydrogen) atoms. The van der Waals surface area contributed by atoms with Gasteiger partial charge in [-0.15, -0.1) is 0 Å². The van der Waals surface area contributed by atoms with Crippen LogP contribution in [0.1, 0.15) is 56.3 Å². The van der Waals surface area contributed by atoms with Crippen LogP contribution in [-0.4, -0.2) is 18.1 Å². The van der Waals surface area contributed by atoms with Crippen molar-refractivity contribution in [3.8, 4) is 5.75 Å². The minimum absolute atomic E-state index is 0.624. The quantitative estimate of drug-likeness (QED) is 0.769. The van der Waals surface area contributed by atoms with Gasteiger partial charge >= 0.3 is 0 Å². The van der Waals surface area contributed by atoms with Crippen LogP contribution < -0.4 is 4.74 Å². The molecule has 0 aromatic heterocycles. The normalized spacial score (nSPS) is 27.3. The van der Waals surface area contributed by atoms with E-state index in [9.17, 15) is 0 Å². The lowest BCUT2D eigenvalue weighted by molar-refractivity contribution is 0.0746. The summed E-state index contributed by atoms with van der Waals surface area (Å²) in [6, 6.07) is 8.54. The monoisotopic (exact) mass is 231 g/mol. The molecule has 2 bridgehead atoms. The molecule has 1 saturated heterocycles. The van der Waals surface area contributed by atoms with Crippen molar-refractivity contribution < 1.29 is 4.74 Å². The van der Waals surface area contributed by atoms with Crippen molar-refractivity contribution in [3.05, 3.63) is 29.3 Å². The smallest absolute Gasteiger partial charge is 0.119 e. The highest BCUT2D eigenvalue weighted by Gasteiger charge is 2.42. The number of methoxy groups -OCH3 is 1. The van der Waals surface area contributed by atoms with E-state index < -0.39 is 0 Å². The molecule has 2 heteroatoms. The summed E-state index contributed by atoms with van der Waals surface area (Å²) in [5.74, 6) is 1.00. The molecule has 2 unspecified atom stereocenters. The van der Waals surface area contributed by atoms with E-state index in [1.54, 1.807) is 12.7 Å². The van der Waals surface area contributed by atoms with E-state index in [0.717, 1.165) is 5.75 Å². The Hall–Kier alpha value is -1.02. The average Bonchev–Trinajstić information content (AvgIpc) is 2.54. The number of benzene rings is 1. The molecule has 1 aromatic rings. The van der Waals surface area contributed by atoms with Gasteiger partial charge < -0.3 is 4.74 Å². The van der Waals surface area contributed by atoms with Gasteiger partial charge in [0.25, 0.3) is 0 Å². The van der Waals surface area contributed by atoms with E-state index in [1.807, 2.05) is 0 Å². The zero-order chi connectivity index (χ0) is 12.0. The summed E-state index contributed by atoms with van der Waals surface area (Å²) in [6.45, 7) is 4.63. The molecule has 1 fully saturated rings. The Labute approximate surface area is 104 Å². The van der Waals surface area contributed by atoms with E-state index >= 15 is 0 Å². The Bertz CT molecular complexity index is 427. The van der Waals surface area contributed by atoms with Gasteiger partial charge in [-0.2, -0.15) is 0 Å². The third-order valence-corrected chi connectivity index (χ3v) is 4.28. The molecule has 2 heterocycles. The second kappa shape index (κ2) is 4.02. The molecule has 0 spiro atoms. The molecule has 0 aliphatic carbocycles. The number of fused-ring (bicyclic) bond motifs is 5. The first-order valence-electron chi connectivity index (χ1n) is 6.67. The van der Waals surface area contributed by atoms with Crippen LogP contribution in [0.3, 0.4) is 0 Å². The topological polar surface area (TPSA) is 12.5 Å². The fraction of sp³-hybridized carbons (Fsp3) is 0.600. The Morgan fingerprint density at radius 1 is 1.18 bits per heavy atom. The molecule has 0 amide bonds. The largest absolute Gasteiger partial charge is 0.497 e. The molecular formula is C15H21NO. The number of rotatable bonds is 2. The van der Waals surface area contributed by atoms with Gasteiger partial charge in [-0.05, 0) is 56.4 Å². The number of hydrogen-bond acceptors (Lipinski definition) is 2. The minimum Gasteiger partial charge on any atom is -0.497 e. The van der Waals surface area contributed by atoms with Gasteiger partial charge in [0.1, 0.15) is 5.75 Å². The van der Waals surface area contributed by atoms with Crippen molar-refractivity contribution in [1.29, 1.82) is 0 Å². The van der Waals surface area contributed by atoms with Crippen LogP contribution in [0.5, 0.6) is 5.75 Å². The summed E-state index contributed by atoms with van der Waals surface area (Å²) in [5, 5.41) is 0. The van der Waals surface area contributed by atoms with E-state index in [1.165, 1.54) is 24.8 Å². The highest BCUT2D eigenvalue weighted by Crippen LogP contribution is 2.52. The van der Waals surface area contributed by atoms with Crippen LogP contribution in [0.4, 0.5) is 0 Å². The van der Waals surface area contributed by atoms with Crippen LogP contribution in [0.15, 0.2) is 18.2 Å².